The Labute approximate surface area is 183 Å². The second-order valence-electron chi connectivity index (χ2n) is 8.79. The Kier molecular flexibility index (Phi) is 7.09. The number of anilines is 2. The molecular weight excluding hydrogens is 394 g/mol. The van der Waals surface area contributed by atoms with E-state index in [1.165, 1.54) is 4.90 Å². The van der Waals surface area contributed by atoms with Gasteiger partial charge in [-0.2, -0.15) is 0 Å². The van der Waals surface area contributed by atoms with Gasteiger partial charge in [0.25, 0.3) is 0 Å². The Bertz CT molecular complexity index is 890. The van der Waals surface area contributed by atoms with Gasteiger partial charge in [0.2, 0.25) is 11.9 Å². The summed E-state index contributed by atoms with van der Waals surface area (Å²) in [6, 6.07) is 9.34. The van der Waals surface area contributed by atoms with Crippen molar-refractivity contribution in [3.63, 3.8) is 0 Å². The Balaban J connectivity index is 1.58. The molecule has 1 fully saturated rings. The molecule has 2 amide bonds. The molecule has 1 N–H and O–H groups in total. The van der Waals surface area contributed by atoms with Gasteiger partial charge in [0.1, 0.15) is 5.60 Å². The van der Waals surface area contributed by atoms with Crippen LogP contribution in [-0.2, 0) is 16.1 Å². The molecule has 3 rings (SSSR count). The van der Waals surface area contributed by atoms with Crippen LogP contribution in [-0.4, -0.2) is 52.6 Å². The maximum absolute atomic E-state index is 12.9. The van der Waals surface area contributed by atoms with Gasteiger partial charge in [-0.15, -0.1) is 0 Å². The Hall–Kier alpha value is -3.16. The smallest absolute Gasteiger partial charge is 0.410 e. The largest absolute Gasteiger partial charge is 0.444 e. The molecule has 2 aromatic rings. The van der Waals surface area contributed by atoms with E-state index < -0.39 is 11.7 Å². The highest BCUT2D eigenvalue weighted by Gasteiger charge is 2.27. The number of amides is 2. The zero-order chi connectivity index (χ0) is 22.4. The van der Waals surface area contributed by atoms with Crippen LogP contribution in [0.5, 0.6) is 0 Å². The molecule has 8 nitrogen and oxygen atoms in total. The topological polar surface area (TPSA) is 87.7 Å². The van der Waals surface area contributed by atoms with Crippen molar-refractivity contribution < 1.29 is 14.3 Å². The minimum absolute atomic E-state index is 0.000927. The molecule has 2 heterocycles. The second-order valence-corrected chi connectivity index (χ2v) is 8.79. The predicted molar refractivity (Wildman–Crippen MR) is 120 cm³/mol. The van der Waals surface area contributed by atoms with E-state index in [9.17, 15) is 9.59 Å². The Morgan fingerprint density at radius 2 is 1.77 bits per heavy atom. The number of para-hydroxylation sites is 1. The van der Waals surface area contributed by atoms with Crippen molar-refractivity contribution >= 4 is 23.6 Å². The first kappa shape index (κ1) is 22.5. The van der Waals surface area contributed by atoms with Gasteiger partial charge < -0.3 is 19.9 Å². The molecule has 0 atom stereocenters. The number of nitrogens with zero attached hydrogens (tertiary/aromatic N) is 4. The number of hydrogen-bond acceptors (Lipinski definition) is 6. The van der Waals surface area contributed by atoms with Crippen molar-refractivity contribution in [2.75, 3.05) is 30.4 Å². The van der Waals surface area contributed by atoms with E-state index in [1.807, 2.05) is 45.0 Å². The monoisotopic (exact) mass is 425 g/mol. The lowest BCUT2D eigenvalue weighted by atomic mass is 9.96. The summed E-state index contributed by atoms with van der Waals surface area (Å²) < 4.78 is 5.42. The van der Waals surface area contributed by atoms with E-state index in [1.54, 1.807) is 25.5 Å². The Morgan fingerprint density at radius 1 is 1.13 bits per heavy atom. The molecule has 1 saturated heterocycles. The molecule has 0 saturated carbocycles. The number of carbonyl (C=O) groups is 2. The highest BCUT2D eigenvalue weighted by atomic mass is 16.6. The van der Waals surface area contributed by atoms with Gasteiger partial charge in [-0.3, -0.25) is 4.79 Å². The first-order valence-electron chi connectivity index (χ1n) is 10.6. The molecule has 8 heteroatoms. The molecule has 1 aromatic heterocycles. The average Bonchev–Trinajstić information content (AvgIpc) is 2.74. The highest BCUT2D eigenvalue weighted by molar-refractivity contribution is 5.93. The van der Waals surface area contributed by atoms with Crippen LogP contribution in [0.15, 0.2) is 42.7 Å². The molecule has 166 valence electrons. The lowest BCUT2D eigenvalue weighted by Crippen LogP contribution is -2.39. The molecule has 0 bridgehead atoms. The van der Waals surface area contributed by atoms with Gasteiger partial charge in [0.05, 0.1) is 6.54 Å². The van der Waals surface area contributed by atoms with Crippen molar-refractivity contribution in [1.82, 2.24) is 14.9 Å². The maximum Gasteiger partial charge on any atom is 0.410 e. The molecule has 31 heavy (non-hydrogen) atoms. The number of nitrogens with one attached hydrogen (secondary N) is 1. The number of aromatic nitrogens is 2. The number of piperidine rings is 1. The summed E-state index contributed by atoms with van der Waals surface area (Å²) in [5.74, 6) is 0.634. The summed E-state index contributed by atoms with van der Waals surface area (Å²) in [4.78, 5) is 37.4. The van der Waals surface area contributed by atoms with Crippen LogP contribution in [0.3, 0.4) is 0 Å². The summed E-state index contributed by atoms with van der Waals surface area (Å²) >= 11 is 0. The van der Waals surface area contributed by atoms with Crippen LogP contribution in [0.4, 0.5) is 16.4 Å². The Morgan fingerprint density at radius 3 is 2.42 bits per heavy atom. The minimum atomic E-state index is -0.557. The van der Waals surface area contributed by atoms with Crippen LogP contribution in [0.25, 0.3) is 0 Å². The molecule has 1 aliphatic heterocycles. The van der Waals surface area contributed by atoms with E-state index in [4.69, 9.17) is 4.74 Å². The van der Waals surface area contributed by atoms with Crippen LogP contribution in [0.1, 0.15) is 39.2 Å². The van der Waals surface area contributed by atoms with Crippen molar-refractivity contribution in [1.29, 1.82) is 0 Å². The van der Waals surface area contributed by atoms with E-state index in [0.717, 1.165) is 37.2 Å². The SMILES string of the molecule is CN(Cc1ccccc1NC(=O)C1CCN(c2ncccn2)CC1)C(=O)OC(C)(C)C. The molecular formula is C23H31N5O3. The molecule has 0 aliphatic carbocycles. The fourth-order valence-electron chi connectivity index (χ4n) is 3.47. The average molecular weight is 426 g/mol. The van der Waals surface area contributed by atoms with Crippen LogP contribution in [0, 0.1) is 5.92 Å². The summed E-state index contributed by atoms with van der Waals surface area (Å²) in [7, 11) is 1.69. The maximum atomic E-state index is 12.9. The number of hydrogen-bond donors (Lipinski definition) is 1. The van der Waals surface area contributed by atoms with Gasteiger partial charge in [0.15, 0.2) is 0 Å². The second kappa shape index (κ2) is 9.76. The quantitative estimate of drug-likeness (QED) is 0.786. The van der Waals surface area contributed by atoms with Crippen molar-refractivity contribution in [2.45, 2.75) is 45.8 Å². The van der Waals surface area contributed by atoms with Crippen molar-refractivity contribution in [3.05, 3.63) is 48.3 Å². The molecule has 0 unspecified atom stereocenters. The third-order valence-corrected chi connectivity index (χ3v) is 5.09. The number of rotatable bonds is 5. The van der Waals surface area contributed by atoms with Crippen LogP contribution < -0.4 is 10.2 Å². The third-order valence-electron chi connectivity index (χ3n) is 5.09. The normalized spacial score (nSPS) is 14.8. The molecule has 0 spiro atoms. The van der Waals surface area contributed by atoms with E-state index in [-0.39, 0.29) is 11.8 Å². The van der Waals surface area contributed by atoms with Gasteiger partial charge in [0, 0.05) is 44.1 Å². The van der Waals surface area contributed by atoms with Crippen molar-refractivity contribution in [2.24, 2.45) is 5.92 Å². The number of ether oxygens (including phenoxy) is 1. The van der Waals surface area contributed by atoms with Gasteiger partial charge in [-0.25, -0.2) is 14.8 Å². The summed E-state index contributed by atoms with van der Waals surface area (Å²) in [5.41, 5.74) is 1.02. The molecule has 1 aliphatic rings. The zero-order valence-electron chi connectivity index (χ0n) is 18.7. The van der Waals surface area contributed by atoms with E-state index >= 15 is 0 Å². The first-order chi connectivity index (χ1) is 14.7. The van der Waals surface area contributed by atoms with Crippen molar-refractivity contribution in [3.8, 4) is 0 Å². The number of carbonyl (C=O) groups excluding carboxylic acids is 2. The van der Waals surface area contributed by atoms with E-state index in [2.05, 4.69) is 20.2 Å². The predicted octanol–water partition coefficient (Wildman–Crippen LogP) is 3.70. The van der Waals surface area contributed by atoms with Gasteiger partial charge >= 0.3 is 6.09 Å². The van der Waals surface area contributed by atoms with E-state index in [0.29, 0.717) is 12.5 Å². The van der Waals surface area contributed by atoms with Crippen LogP contribution >= 0.6 is 0 Å². The van der Waals surface area contributed by atoms with Gasteiger partial charge in [-0.1, -0.05) is 18.2 Å². The lowest BCUT2D eigenvalue weighted by Gasteiger charge is -2.31. The minimum Gasteiger partial charge on any atom is -0.444 e. The summed E-state index contributed by atoms with van der Waals surface area (Å²) in [5, 5.41) is 3.06. The standard InChI is InChI=1S/C23H31N5O3/c1-23(2,3)31-22(30)27(4)16-18-8-5-6-9-19(18)26-20(29)17-10-14-28(15-11-17)21-24-12-7-13-25-21/h5-9,12-13,17H,10-11,14-16H2,1-4H3,(H,26,29). The summed E-state index contributed by atoms with van der Waals surface area (Å²) in [6.07, 6.45) is 4.54. The lowest BCUT2D eigenvalue weighted by molar-refractivity contribution is -0.120. The third kappa shape index (κ3) is 6.41. The molecule has 1 aromatic carbocycles. The van der Waals surface area contributed by atoms with Crippen LogP contribution in [0.2, 0.25) is 0 Å². The summed E-state index contributed by atoms with van der Waals surface area (Å²) in [6.45, 7) is 7.33. The highest BCUT2D eigenvalue weighted by Crippen LogP contribution is 2.24. The fourth-order valence-corrected chi connectivity index (χ4v) is 3.47. The molecule has 0 radical (unpaired) electrons. The fraction of sp³-hybridized carbons (Fsp3) is 0.478. The first-order valence-corrected chi connectivity index (χ1v) is 10.6. The number of benzene rings is 1. The zero-order valence-corrected chi connectivity index (χ0v) is 18.7. The van der Waals surface area contributed by atoms with Gasteiger partial charge in [-0.05, 0) is 51.3 Å².